The molecule has 2 aromatic rings. The quantitative estimate of drug-likeness (QED) is 0.685. The molecule has 0 bridgehead atoms. The molecule has 0 fully saturated rings. The number of carbonyl (C=O) groups is 1. The first kappa shape index (κ1) is 14.5. The molecule has 0 unspecified atom stereocenters. The summed E-state index contributed by atoms with van der Waals surface area (Å²) in [6, 6.07) is 9.55. The van der Waals surface area contributed by atoms with E-state index in [0.717, 1.165) is 4.47 Å². The van der Waals surface area contributed by atoms with Gasteiger partial charge in [-0.3, -0.25) is 4.79 Å². The van der Waals surface area contributed by atoms with E-state index in [-0.39, 0.29) is 18.0 Å². The van der Waals surface area contributed by atoms with E-state index in [0.29, 0.717) is 16.8 Å². The molecule has 20 heavy (non-hydrogen) atoms. The highest BCUT2D eigenvalue weighted by Crippen LogP contribution is 2.22. The van der Waals surface area contributed by atoms with E-state index in [4.69, 9.17) is 10.5 Å². The van der Waals surface area contributed by atoms with Gasteiger partial charge in [-0.05, 0) is 35.9 Å². The lowest BCUT2D eigenvalue weighted by atomic mass is 10.0. The molecule has 2 rings (SSSR count). The summed E-state index contributed by atoms with van der Waals surface area (Å²) in [5, 5.41) is 0. The lowest BCUT2D eigenvalue weighted by molar-refractivity contribution is 0.0993. The second kappa shape index (κ2) is 6.05. The predicted molar refractivity (Wildman–Crippen MR) is 79.5 cm³/mol. The zero-order valence-electron chi connectivity index (χ0n) is 10.8. The number of ether oxygens (including phenoxy) is 1. The van der Waals surface area contributed by atoms with Crippen molar-refractivity contribution in [2.45, 2.75) is 6.42 Å². The summed E-state index contributed by atoms with van der Waals surface area (Å²) in [4.78, 5) is 12.2. The highest BCUT2D eigenvalue weighted by Gasteiger charge is 2.12. The number of rotatable bonds is 4. The van der Waals surface area contributed by atoms with Gasteiger partial charge in [-0.2, -0.15) is 0 Å². The predicted octanol–water partition coefficient (Wildman–Crippen LogP) is 3.60. The van der Waals surface area contributed by atoms with Gasteiger partial charge in [0.25, 0.3) is 0 Å². The Labute approximate surface area is 124 Å². The van der Waals surface area contributed by atoms with Gasteiger partial charge in [-0.15, -0.1) is 0 Å². The number of hydrogen-bond acceptors (Lipinski definition) is 3. The van der Waals surface area contributed by atoms with Crippen molar-refractivity contribution >= 4 is 27.4 Å². The van der Waals surface area contributed by atoms with Gasteiger partial charge in [0.2, 0.25) is 0 Å². The normalized spacial score (nSPS) is 10.3. The first-order chi connectivity index (χ1) is 9.51. The van der Waals surface area contributed by atoms with Crippen LogP contribution in [0.1, 0.15) is 15.9 Å². The Kier molecular flexibility index (Phi) is 4.39. The molecule has 2 aromatic carbocycles. The summed E-state index contributed by atoms with van der Waals surface area (Å²) in [5.41, 5.74) is 7.20. The van der Waals surface area contributed by atoms with Crippen molar-refractivity contribution in [1.82, 2.24) is 0 Å². The minimum atomic E-state index is -0.486. The molecule has 0 aliphatic rings. The molecule has 3 nitrogen and oxygen atoms in total. The summed E-state index contributed by atoms with van der Waals surface area (Å²) in [6.45, 7) is 0. The minimum absolute atomic E-state index is 0.0849. The van der Waals surface area contributed by atoms with Crippen LogP contribution in [-0.4, -0.2) is 12.9 Å². The first-order valence-electron chi connectivity index (χ1n) is 5.92. The van der Waals surface area contributed by atoms with Crippen LogP contribution in [-0.2, 0) is 6.42 Å². The Morgan fingerprint density at radius 3 is 2.70 bits per heavy atom. The summed E-state index contributed by atoms with van der Waals surface area (Å²) in [6.07, 6.45) is 0.0849. The largest absolute Gasteiger partial charge is 0.494 e. The Hall–Kier alpha value is -1.88. The van der Waals surface area contributed by atoms with E-state index in [2.05, 4.69) is 15.9 Å². The molecule has 0 radical (unpaired) electrons. The molecule has 0 aromatic heterocycles. The van der Waals surface area contributed by atoms with Crippen LogP contribution >= 0.6 is 15.9 Å². The zero-order chi connectivity index (χ0) is 14.7. The number of nitrogen functional groups attached to an aromatic ring is 1. The molecule has 0 aliphatic heterocycles. The van der Waals surface area contributed by atoms with Gasteiger partial charge in [-0.25, -0.2) is 4.39 Å². The van der Waals surface area contributed by atoms with E-state index >= 15 is 0 Å². The topological polar surface area (TPSA) is 52.3 Å². The molecular formula is C15H13BrFNO2. The number of Topliss-reactive ketones (excluding diaryl/α,β-unsaturated/α-hetero) is 1. The maximum atomic E-state index is 13.6. The van der Waals surface area contributed by atoms with Crippen molar-refractivity contribution in [3.8, 4) is 5.75 Å². The second-order valence-corrected chi connectivity index (χ2v) is 5.22. The van der Waals surface area contributed by atoms with Gasteiger partial charge in [0.05, 0.1) is 7.11 Å². The van der Waals surface area contributed by atoms with Gasteiger partial charge < -0.3 is 10.5 Å². The second-order valence-electron chi connectivity index (χ2n) is 4.30. The number of nitrogens with two attached hydrogens (primary N) is 1. The maximum Gasteiger partial charge on any atom is 0.169 e. The Morgan fingerprint density at radius 2 is 2.05 bits per heavy atom. The van der Waals surface area contributed by atoms with Gasteiger partial charge in [0, 0.05) is 22.1 Å². The van der Waals surface area contributed by atoms with E-state index < -0.39 is 5.82 Å². The van der Waals surface area contributed by atoms with Crippen molar-refractivity contribution in [3.63, 3.8) is 0 Å². The van der Waals surface area contributed by atoms with Crippen molar-refractivity contribution in [1.29, 1.82) is 0 Å². The Balaban J connectivity index is 2.23. The van der Waals surface area contributed by atoms with Crippen molar-refractivity contribution < 1.29 is 13.9 Å². The van der Waals surface area contributed by atoms with Gasteiger partial charge in [-0.1, -0.05) is 22.0 Å². The lowest BCUT2D eigenvalue weighted by Gasteiger charge is -2.07. The minimum Gasteiger partial charge on any atom is -0.494 e. The fourth-order valence-corrected chi connectivity index (χ4v) is 2.23. The van der Waals surface area contributed by atoms with E-state index in [9.17, 15) is 9.18 Å². The Bertz CT molecular complexity index is 658. The highest BCUT2D eigenvalue weighted by atomic mass is 79.9. The SMILES string of the molecule is COc1ccc(CC(=O)c2cc(Br)ccc2N)cc1F. The van der Waals surface area contributed by atoms with E-state index in [1.54, 1.807) is 24.3 Å². The molecule has 0 saturated heterocycles. The summed E-state index contributed by atoms with van der Waals surface area (Å²) >= 11 is 3.30. The standard InChI is InChI=1S/C15H13BrFNO2/c1-20-15-5-2-9(6-12(15)17)7-14(19)11-8-10(16)3-4-13(11)18/h2-6,8H,7,18H2,1H3. The molecule has 0 atom stereocenters. The average molecular weight is 338 g/mol. The fourth-order valence-electron chi connectivity index (χ4n) is 1.87. The number of halogens is 2. The highest BCUT2D eigenvalue weighted by molar-refractivity contribution is 9.10. The summed E-state index contributed by atoms with van der Waals surface area (Å²) in [5.74, 6) is -0.489. The monoisotopic (exact) mass is 337 g/mol. The molecule has 0 amide bonds. The fraction of sp³-hybridized carbons (Fsp3) is 0.133. The van der Waals surface area contributed by atoms with Crippen molar-refractivity contribution in [2.75, 3.05) is 12.8 Å². The van der Waals surface area contributed by atoms with Crippen LogP contribution < -0.4 is 10.5 Å². The molecule has 2 N–H and O–H groups in total. The van der Waals surface area contributed by atoms with Gasteiger partial charge in [0.15, 0.2) is 17.3 Å². The van der Waals surface area contributed by atoms with Gasteiger partial charge in [0.1, 0.15) is 0 Å². The van der Waals surface area contributed by atoms with Crippen LogP contribution in [0.15, 0.2) is 40.9 Å². The molecule has 0 aliphatic carbocycles. The zero-order valence-corrected chi connectivity index (χ0v) is 12.4. The maximum absolute atomic E-state index is 13.6. The van der Waals surface area contributed by atoms with Gasteiger partial charge >= 0.3 is 0 Å². The van der Waals surface area contributed by atoms with E-state index in [1.165, 1.54) is 19.2 Å². The molecule has 0 saturated carbocycles. The molecule has 0 spiro atoms. The van der Waals surface area contributed by atoms with Crippen LogP contribution in [0.4, 0.5) is 10.1 Å². The third-order valence-electron chi connectivity index (χ3n) is 2.90. The first-order valence-corrected chi connectivity index (χ1v) is 6.71. The van der Waals surface area contributed by atoms with Crippen LogP contribution in [0.25, 0.3) is 0 Å². The van der Waals surface area contributed by atoms with Crippen LogP contribution in [0.3, 0.4) is 0 Å². The number of hydrogen-bond donors (Lipinski definition) is 1. The smallest absolute Gasteiger partial charge is 0.169 e. The summed E-state index contributed by atoms with van der Waals surface area (Å²) < 4.78 is 19.2. The van der Waals surface area contributed by atoms with E-state index in [1.807, 2.05) is 0 Å². The number of methoxy groups -OCH3 is 1. The summed E-state index contributed by atoms with van der Waals surface area (Å²) in [7, 11) is 1.39. The van der Waals surface area contributed by atoms with Crippen LogP contribution in [0.5, 0.6) is 5.75 Å². The van der Waals surface area contributed by atoms with Crippen LogP contribution in [0.2, 0.25) is 0 Å². The molecule has 104 valence electrons. The van der Waals surface area contributed by atoms with Crippen molar-refractivity contribution in [3.05, 3.63) is 57.8 Å². The molecular weight excluding hydrogens is 325 g/mol. The molecule has 0 heterocycles. The third kappa shape index (κ3) is 3.17. The van der Waals surface area contributed by atoms with Crippen LogP contribution in [0, 0.1) is 5.82 Å². The Morgan fingerprint density at radius 1 is 1.30 bits per heavy atom. The molecule has 5 heteroatoms. The number of ketones is 1. The van der Waals surface area contributed by atoms with Crippen molar-refractivity contribution in [2.24, 2.45) is 0 Å². The number of anilines is 1. The third-order valence-corrected chi connectivity index (χ3v) is 3.39. The number of benzene rings is 2. The number of carbonyl (C=O) groups excluding carboxylic acids is 1. The average Bonchev–Trinajstić information content (AvgIpc) is 2.41. The lowest BCUT2D eigenvalue weighted by Crippen LogP contribution is -2.07.